The van der Waals surface area contributed by atoms with Crippen LogP contribution in [-0.2, 0) is 5.88 Å². The largest absolute Gasteiger partial charge is 0.432 e. The minimum Gasteiger partial charge on any atom is -0.432 e. The van der Waals surface area contributed by atoms with Gasteiger partial charge in [-0.1, -0.05) is 0 Å². The van der Waals surface area contributed by atoms with Crippen molar-refractivity contribution in [2.75, 3.05) is 11.4 Å². The molecule has 0 N–H and O–H groups in total. The first-order valence-electron chi connectivity index (χ1n) is 4.83. The quantitative estimate of drug-likeness (QED) is 0.774. The maximum atomic E-state index is 12.3. The van der Waals surface area contributed by atoms with Gasteiger partial charge in [-0.05, 0) is 12.8 Å². The van der Waals surface area contributed by atoms with Gasteiger partial charge < -0.3 is 9.32 Å². The molecule has 1 aliphatic rings. The second-order valence-electron chi connectivity index (χ2n) is 3.73. The number of halogens is 4. The van der Waals surface area contributed by atoms with E-state index in [2.05, 4.69) is 4.98 Å². The van der Waals surface area contributed by atoms with Crippen LogP contribution in [0.2, 0.25) is 0 Å². The third-order valence-corrected chi connectivity index (χ3v) is 2.53. The normalized spacial score (nSPS) is 16.5. The molecule has 0 aliphatic heterocycles. The summed E-state index contributed by atoms with van der Waals surface area (Å²) < 4.78 is 42.0. The lowest BCUT2D eigenvalue weighted by Crippen LogP contribution is -2.36. The first-order valence-corrected chi connectivity index (χ1v) is 5.37. The van der Waals surface area contributed by atoms with Crippen molar-refractivity contribution in [1.82, 2.24) is 4.98 Å². The molecule has 3 nitrogen and oxygen atoms in total. The van der Waals surface area contributed by atoms with Crippen molar-refractivity contribution in [3.63, 3.8) is 0 Å². The summed E-state index contributed by atoms with van der Waals surface area (Å²) in [6, 6.07) is -0.0982. The molecular formula is C9H10ClF3N2O. The molecule has 1 aromatic rings. The summed E-state index contributed by atoms with van der Waals surface area (Å²) in [5.41, 5.74) is 0.449. The molecule has 1 heterocycles. The number of nitrogens with zero attached hydrogens (tertiary/aromatic N) is 2. The van der Waals surface area contributed by atoms with E-state index >= 15 is 0 Å². The Morgan fingerprint density at radius 1 is 1.50 bits per heavy atom. The van der Waals surface area contributed by atoms with Crippen LogP contribution in [-0.4, -0.2) is 23.7 Å². The van der Waals surface area contributed by atoms with Gasteiger partial charge in [0.25, 0.3) is 6.01 Å². The highest BCUT2D eigenvalue weighted by atomic mass is 35.5. The number of aromatic nitrogens is 1. The van der Waals surface area contributed by atoms with Gasteiger partial charge in [0.15, 0.2) is 0 Å². The Morgan fingerprint density at radius 3 is 2.62 bits per heavy atom. The predicted octanol–water partition coefficient (Wildman–Crippen LogP) is 2.94. The molecule has 1 fully saturated rings. The van der Waals surface area contributed by atoms with Crippen LogP contribution in [0.15, 0.2) is 10.7 Å². The molecule has 0 spiro atoms. The highest BCUT2D eigenvalue weighted by molar-refractivity contribution is 6.16. The van der Waals surface area contributed by atoms with Gasteiger partial charge in [0.2, 0.25) is 0 Å². The van der Waals surface area contributed by atoms with Crippen LogP contribution in [0.25, 0.3) is 0 Å². The van der Waals surface area contributed by atoms with E-state index in [4.69, 9.17) is 16.0 Å². The van der Waals surface area contributed by atoms with Crippen molar-refractivity contribution in [3.05, 3.63) is 12.0 Å². The molecule has 1 aliphatic carbocycles. The lowest BCUT2D eigenvalue weighted by atomic mass is 10.5. The van der Waals surface area contributed by atoms with Crippen LogP contribution in [0.4, 0.5) is 19.2 Å². The zero-order chi connectivity index (χ0) is 11.8. The second kappa shape index (κ2) is 4.16. The topological polar surface area (TPSA) is 29.3 Å². The molecule has 1 aromatic heterocycles. The summed E-state index contributed by atoms with van der Waals surface area (Å²) in [6.45, 7) is -1.03. The maximum Gasteiger partial charge on any atom is 0.406 e. The first kappa shape index (κ1) is 11.6. The van der Waals surface area contributed by atoms with Gasteiger partial charge in [0.05, 0.1) is 11.6 Å². The number of oxazole rings is 1. The Labute approximate surface area is 95.2 Å². The van der Waals surface area contributed by atoms with Gasteiger partial charge in [-0.3, -0.25) is 0 Å². The highest BCUT2D eigenvalue weighted by Crippen LogP contribution is 2.33. The average molecular weight is 255 g/mol. The first-order chi connectivity index (χ1) is 7.49. The fourth-order valence-corrected chi connectivity index (χ4v) is 1.54. The number of anilines is 1. The van der Waals surface area contributed by atoms with Gasteiger partial charge in [0.1, 0.15) is 12.8 Å². The van der Waals surface area contributed by atoms with Crippen LogP contribution >= 0.6 is 11.6 Å². The Balaban J connectivity index is 2.12. The number of alkyl halides is 4. The van der Waals surface area contributed by atoms with Crippen LogP contribution in [0.5, 0.6) is 0 Å². The van der Waals surface area contributed by atoms with E-state index in [1.165, 1.54) is 6.26 Å². The Bertz CT molecular complexity index is 362. The third kappa shape index (κ3) is 2.81. The Hall–Kier alpha value is -0.910. The van der Waals surface area contributed by atoms with Crippen molar-refractivity contribution in [3.8, 4) is 0 Å². The van der Waals surface area contributed by atoms with Crippen molar-refractivity contribution in [2.24, 2.45) is 0 Å². The van der Waals surface area contributed by atoms with E-state index < -0.39 is 12.7 Å². The number of hydrogen-bond acceptors (Lipinski definition) is 3. The summed E-state index contributed by atoms with van der Waals surface area (Å²) in [5, 5.41) is 0. The minimum absolute atomic E-state index is 0.00970. The molecule has 0 radical (unpaired) electrons. The van der Waals surface area contributed by atoms with Gasteiger partial charge in [-0.25, -0.2) is 0 Å². The fourth-order valence-electron chi connectivity index (χ4n) is 1.42. The number of rotatable bonds is 4. The van der Waals surface area contributed by atoms with E-state index in [1.54, 1.807) is 0 Å². The second-order valence-corrected chi connectivity index (χ2v) is 4.00. The van der Waals surface area contributed by atoms with Gasteiger partial charge >= 0.3 is 6.18 Å². The van der Waals surface area contributed by atoms with E-state index in [0.717, 1.165) is 17.7 Å². The van der Waals surface area contributed by atoms with Crippen LogP contribution < -0.4 is 4.90 Å². The molecular weight excluding hydrogens is 245 g/mol. The zero-order valence-electron chi connectivity index (χ0n) is 8.30. The summed E-state index contributed by atoms with van der Waals surface area (Å²) in [6.07, 6.45) is -1.48. The van der Waals surface area contributed by atoms with E-state index in [0.29, 0.717) is 5.69 Å². The van der Waals surface area contributed by atoms with E-state index in [-0.39, 0.29) is 17.9 Å². The lowest BCUT2D eigenvalue weighted by Gasteiger charge is -2.21. The smallest absolute Gasteiger partial charge is 0.406 e. The summed E-state index contributed by atoms with van der Waals surface area (Å²) >= 11 is 5.51. The zero-order valence-corrected chi connectivity index (χ0v) is 9.05. The van der Waals surface area contributed by atoms with Crippen LogP contribution in [0.1, 0.15) is 18.5 Å². The molecule has 16 heavy (non-hydrogen) atoms. The van der Waals surface area contributed by atoms with Gasteiger partial charge in [-0.2, -0.15) is 18.2 Å². The molecule has 0 amide bonds. The summed E-state index contributed by atoms with van der Waals surface area (Å²) in [7, 11) is 0. The monoisotopic (exact) mass is 254 g/mol. The molecule has 2 rings (SSSR count). The van der Waals surface area contributed by atoms with Crippen molar-refractivity contribution in [1.29, 1.82) is 0 Å². The van der Waals surface area contributed by atoms with Crippen molar-refractivity contribution < 1.29 is 17.6 Å². The SMILES string of the molecule is FC(F)(F)CN(c1nc(CCl)co1)C1CC1. The molecule has 1 saturated carbocycles. The molecule has 7 heteroatoms. The lowest BCUT2D eigenvalue weighted by molar-refractivity contribution is -0.120. The van der Waals surface area contributed by atoms with Crippen LogP contribution in [0, 0.1) is 0 Å². The van der Waals surface area contributed by atoms with Crippen LogP contribution in [0.3, 0.4) is 0 Å². The van der Waals surface area contributed by atoms with Crippen molar-refractivity contribution in [2.45, 2.75) is 30.9 Å². The maximum absolute atomic E-state index is 12.3. The number of hydrogen-bond donors (Lipinski definition) is 0. The summed E-state index contributed by atoms with van der Waals surface area (Å²) in [5.74, 6) is 0.133. The fraction of sp³-hybridized carbons (Fsp3) is 0.667. The molecule has 0 unspecified atom stereocenters. The Morgan fingerprint density at radius 2 is 2.19 bits per heavy atom. The van der Waals surface area contributed by atoms with Crippen molar-refractivity contribution >= 4 is 17.6 Å². The van der Waals surface area contributed by atoms with Gasteiger partial charge in [-0.15, -0.1) is 11.6 Å². The molecule has 0 bridgehead atoms. The average Bonchev–Trinajstić information content (AvgIpc) is 2.91. The Kier molecular flexibility index (Phi) is 3.01. The van der Waals surface area contributed by atoms with E-state index in [9.17, 15) is 13.2 Å². The van der Waals surface area contributed by atoms with E-state index in [1.807, 2.05) is 0 Å². The molecule has 90 valence electrons. The highest BCUT2D eigenvalue weighted by Gasteiger charge is 2.40. The minimum atomic E-state index is -4.25. The third-order valence-electron chi connectivity index (χ3n) is 2.26. The molecule has 0 saturated heterocycles. The molecule has 0 atom stereocenters. The summed E-state index contributed by atoms with van der Waals surface area (Å²) in [4.78, 5) is 5.05. The standard InChI is InChI=1S/C9H10ClF3N2O/c10-3-6-4-16-8(14-6)15(7-1-2-7)5-9(11,12)13/h4,7H,1-3,5H2. The molecule has 0 aromatic carbocycles. The predicted molar refractivity (Wildman–Crippen MR) is 52.5 cm³/mol. The van der Waals surface area contributed by atoms with Gasteiger partial charge in [0, 0.05) is 6.04 Å².